The largest absolute Gasteiger partial charge is 0.310 e. The van der Waals surface area contributed by atoms with Crippen LogP contribution in [0.5, 0.6) is 0 Å². The Morgan fingerprint density at radius 3 is 2.81 bits per heavy atom. The molecule has 1 N–H and O–H groups in total. The molecule has 0 spiro atoms. The highest BCUT2D eigenvalue weighted by Gasteiger charge is 2.15. The zero-order chi connectivity index (χ0) is 15.2. The number of hydrogen-bond acceptors (Lipinski definition) is 3. The smallest absolute Gasteiger partial charge is 0.138 e. The number of aromatic nitrogens is 3. The number of likely N-dealkylation sites (N-methyl/N-ethyl adjacent to an activating group) is 1. The van der Waals surface area contributed by atoms with Gasteiger partial charge in [0.1, 0.15) is 12.2 Å². The second kappa shape index (κ2) is 7.89. The topological polar surface area (TPSA) is 42.7 Å². The number of halogens is 1. The summed E-state index contributed by atoms with van der Waals surface area (Å²) in [5.74, 6) is 1.62. The van der Waals surface area contributed by atoms with Crippen molar-refractivity contribution in [3.63, 3.8) is 0 Å². The number of nitrogens with zero attached hydrogens (tertiary/aromatic N) is 3. The molecule has 1 atom stereocenters. The molecule has 2 aromatic rings. The fourth-order valence-electron chi connectivity index (χ4n) is 2.40. The Labute approximate surface area is 140 Å². The van der Waals surface area contributed by atoms with Gasteiger partial charge in [0.25, 0.3) is 0 Å². The molecule has 0 amide bonds. The Morgan fingerprint density at radius 2 is 2.14 bits per heavy atom. The molecule has 21 heavy (non-hydrogen) atoms. The molecule has 0 fully saturated rings. The molecule has 2 rings (SSSR count). The van der Waals surface area contributed by atoms with Crippen LogP contribution in [0.3, 0.4) is 0 Å². The molecule has 0 radical (unpaired) electrons. The van der Waals surface area contributed by atoms with Gasteiger partial charge in [0.2, 0.25) is 0 Å². The number of benzene rings is 1. The van der Waals surface area contributed by atoms with E-state index in [0.717, 1.165) is 25.3 Å². The molecule has 0 saturated carbocycles. The van der Waals surface area contributed by atoms with Crippen molar-refractivity contribution in [2.24, 2.45) is 5.92 Å². The first-order chi connectivity index (χ1) is 10.1. The second-order valence-corrected chi connectivity index (χ2v) is 6.87. The zero-order valence-electron chi connectivity index (χ0n) is 12.9. The molecule has 1 heterocycles. The molecule has 5 heteroatoms. The van der Waals surface area contributed by atoms with E-state index in [1.54, 1.807) is 6.33 Å². The lowest BCUT2D eigenvalue weighted by atomic mass is 10.0. The van der Waals surface area contributed by atoms with E-state index in [4.69, 9.17) is 0 Å². The van der Waals surface area contributed by atoms with Gasteiger partial charge in [-0.2, -0.15) is 5.10 Å². The number of rotatable bonds is 7. The van der Waals surface area contributed by atoms with E-state index in [9.17, 15) is 0 Å². The molecule has 0 aliphatic heterocycles. The maximum absolute atomic E-state index is 4.45. The molecular weight excluding hydrogens is 375 g/mol. The van der Waals surface area contributed by atoms with E-state index in [-0.39, 0.29) is 6.04 Å². The van der Waals surface area contributed by atoms with E-state index in [2.05, 4.69) is 83.0 Å². The van der Waals surface area contributed by atoms with Gasteiger partial charge >= 0.3 is 0 Å². The summed E-state index contributed by atoms with van der Waals surface area (Å²) in [7, 11) is 0. The Hall–Kier alpha value is -0.950. The summed E-state index contributed by atoms with van der Waals surface area (Å²) in [6.07, 6.45) is 2.52. The maximum atomic E-state index is 4.45. The summed E-state index contributed by atoms with van der Waals surface area (Å²) in [6.45, 7) is 8.40. The van der Waals surface area contributed by atoms with Gasteiger partial charge in [-0.05, 0) is 52.7 Å². The van der Waals surface area contributed by atoms with E-state index < -0.39 is 0 Å². The Balaban J connectivity index is 2.18. The average Bonchev–Trinajstić information content (AvgIpc) is 2.85. The number of hydrogen-bond donors (Lipinski definition) is 1. The molecular formula is C16H23IN4. The van der Waals surface area contributed by atoms with Crippen LogP contribution in [0.1, 0.15) is 38.2 Å². The molecule has 1 aromatic heterocycles. The van der Waals surface area contributed by atoms with Crippen molar-refractivity contribution in [3.05, 3.63) is 45.6 Å². The van der Waals surface area contributed by atoms with Gasteiger partial charge in [0, 0.05) is 22.6 Å². The second-order valence-electron chi connectivity index (χ2n) is 5.62. The van der Waals surface area contributed by atoms with Gasteiger partial charge in [-0.25, -0.2) is 9.67 Å². The third kappa shape index (κ3) is 4.78. The lowest BCUT2D eigenvalue weighted by molar-refractivity contribution is 0.446. The van der Waals surface area contributed by atoms with Gasteiger partial charge < -0.3 is 5.32 Å². The first kappa shape index (κ1) is 16.4. The van der Waals surface area contributed by atoms with Crippen molar-refractivity contribution in [2.45, 2.75) is 39.8 Å². The molecule has 114 valence electrons. The van der Waals surface area contributed by atoms with Gasteiger partial charge in [-0.15, -0.1) is 0 Å². The number of nitrogens with one attached hydrogen (secondary N) is 1. The third-order valence-electron chi connectivity index (χ3n) is 3.32. The molecule has 1 aromatic carbocycles. The monoisotopic (exact) mass is 398 g/mol. The van der Waals surface area contributed by atoms with Crippen LogP contribution in [-0.4, -0.2) is 21.3 Å². The van der Waals surface area contributed by atoms with Crippen LogP contribution in [0.15, 0.2) is 30.6 Å². The highest BCUT2D eigenvalue weighted by Crippen LogP contribution is 2.20. The summed E-state index contributed by atoms with van der Waals surface area (Å²) in [6, 6.07) is 8.92. The van der Waals surface area contributed by atoms with E-state index in [0.29, 0.717) is 5.92 Å². The minimum atomic E-state index is 0.278. The minimum Gasteiger partial charge on any atom is -0.310 e. The van der Waals surface area contributed by atoms with Crippen molar-refractivity contribution < 1.29 is 0 Å². The van der Waals surface area contributed by atoms with Crippen molar-refractivity contribution in [1.29, 1.82) is 0 Å². The maximum Gasteiger partial charge on any atom is 0.138 e. The van der Waals surface area contributed by atoms with Crippen LogP contribution in [0.2, 0.25) is 0 Å². The molecule has 4 nitrogen and oxygen atoms in total. The van der Waals surface area contributed by atoms with Crippen LogP contribution in [0.4, 0.5) is 0 Å². The van der Waals surface area contributed by atoms with Crippen LogP contribution < -0.4 is 5.32 Å². The summed E-state index contributed by atoms with van der Waals surface area (Å²) < 4.78 is 3.29. The summed E-state index contributed by atoms with van der Waals surface area (Å²) in [5.41, 5.74) is 1.31. The van der Waals surface area contributed by atoms with Crippen molar-refractivity contribution in [2.75, 3.05) is 6.54 Å². The van der Waals surface area contributed by atoms with Crippen LogP contribution in [0.25, 0.3) is 0 Å². The minimum absolute atomic E-state index is 0.278. The van der Waals surface area contributed by atoms with Gasteiger partial charge in [0.15, 0.2) is 0 Å². The van der Waals surface area contributed by atoms with Crippen LogP contribution >= 0.6 is 22.6 Å². The van der Waals surface area contributed by atoms with E-state index >= 15 is 0 Å². The lowest BCUT2D eigenvalue weighted by Gasteiger charge is -2.19. The highest BCUT2D eigenvalue weighted by molar-refractivity contribution is 14.1. The van der Waals surface area contributed by atoms with Crippen molar-refractivity contribution in [3.8, 4) is 0 Å². The van der Waals surface area contributed by atoms with Crippen LogP contribution in [0, 0.1) is 9.49 Å². The fraction of sp³-hybridized carbons (Fsp3) is 0.500. The van der Waals surface area contributed by atoms with Crippen LogP contribution in [-0.2, 0) is 13.0 Å². The Kier molecular flexibility index (Phi) is 6.17. The standard InChI is InChI=1S/C16H23IN4/c1-4-18-15(13-6-5-7-14(17)8-13)9-16-19-11-20-21(16)10-12(2)3/h5-8,11-12,15,18H,4,9-10H2,1-3H3. The SMILES string of the molecule is CCNC(Cc1ncnn1CC(C)C)c1cccc(I)c1. The molecule has 0 saturated heterocycles. The van der Waals surface area contributed by atoms with Gasteiger partial charge in [-0.3, -0.25) is 0 Å². The molecule has 0 aliphatic rings. The van der Waals surface area contributed by atoms with E-state index in [1.165, 1.54) is 9.13 Å². The molecule has 1 unspecified atom stereocenters. The predicted molar refractivity (Wildman–Crippen MR) is 94.1 cm³/mol. The Morgan fingerprint density at radius 1 is 1.33 bits per heavy atom. The lowest BCUT2D eigenvalue weighted by Crippen LogP contribution is -2.25. The quantitative estimate of drug-likeness (QED) is 0.727. The normalized spacial score (nSPS) is 12.8. The first-order valence-electron chi connectivity index (χ1n) is 7.45. The van der Waals surface area contributed by atoms with Gasteiger partial charge in [0.05, 0.1) is 0 Å². The average molecular weight is 398 g/mol. The summed E-state index contributed by atoms with van der Waals surface area (Å²) in [5, 5.41) is 7.92. The molecule has 0 bridgehead atoms. The Bertz CT molecular complexity index is 565. The summed E-state index contributed by atoms with van der Waals surface area (Å²) >= 11 is 2.36. The summed E-state index contributed by atoms with van der Waals surface area (Å²) in [4.78, 5) is 4.45. The first-order valence-corrected chi connectivity index (χ1v) is 8.53. The highest BCUT2D eigenvalue weighted by atomic mass is 127. The van der Waals surface area contributed by atoms with E-state index in [1.807, 2.05) is 4.68 Å². The van der Waals surface area contributed by atoms with Crippen molar-refractivity contribution >= 4 is 22.6 Å². The third-order valence-corrected chi connectivity index (χ3v) is 3.99. The zero-order valence-corrected chi connectivity index (χ0v) is 15.0. The fourth-order valence-corrected chi connectivity index (χ4v) is 2.97. The van der Waals surface area contributed by atoms with Crippen molar-refractivity contribution in [1.82, 2.24) is 20.1 Å². The molecule has 0 aliphatic carbocycles. The predicted octanol–water partition coefficient (Wildman–Crippen LogP) is 3.43. The van der Waals surface area contributed by atoms with Gasteiger partial charge in [-0.1, -0.05) is 32.9 Å².